The summed E-state index contributed by atoms with van der Waals surface area (Å²) in [7, 11) is 0. The topological polar surface area (TPSA) is 56.2 Å². The van der Waals surface area contributed by atoms with Gasteiger partial charge in [0.05, 0.1) is 33.5 Å². The van der Waals surface area contributed by atoms with Gasteiger partial charge in [-0.15, -0.1) is 11.8 Å². The van der Waals surface area contributed by atoms with Gasteiger partial charge in [0, 0.05) is 11.1 Å². The first-order valence-electron chi connectivity index (χ1n) is 9.47. The number of aromatic nitrogens is 2. The lowest BCUT2D eigenvalue weighted by Gasteiger charge is -2.20. The minimum Gasteiger partial charge on any atom is -0.491 e. The summed E-state index contributed by atoms with van der Waals surface area (Å²) in [4.78, 5) is 12.5. The highest BCUT2D eigenvalue weighted by atomic mass is 35.5. The molecule has 0 saturated heterocycles. The van der Waals surface area contributed by atoms with Gasteiger partial charge in [0.2, 0.25) is 5.91 Å². The van der Waals surface area contributed by atoms with E-state index in [1.807, 2.05) is 63.2 Å². The van der Waals surface area contributed by atoms with E-state index >= 15 is 0 Å². The molecule has 1 amide bonds. The van der Waals surface area contributed by atoms with Gasteiger partial charge >= 0.3 is 0 Å². The summed E-state index contributed by atoms with van der Waals surface area (Å²) < 4.78 is 7.80. The van der Waals surface area contributed by atoms with Crippen LogP contribution in [0.2, 0.25) is 5.02 Å². The largest absolute Gasteiger partial charge is 0.491 e. The van der Waals surface area contributed by atoms with Gasteiger partial charge in [-0.3, -0.25) is 4.79 Å². The third-order valence-electron chi connectivity index (χ3n) is 4.65. The van der Waals surface area contributed by atoms with Crippen LogP contribution in [0.5, 0.6) is 5.75 Å². The number of rotatable bonds is 4. The molecule has 7 heteroatoms. The summed E-state index contributed by atoms with van der Waals surface area (Å²) in [6, 6.07) is 15.5. The van der Waals surface area contributed by atoms with Crippen LogP contribution in [0.4, 0.5) is 5.82 Å². The Hall–Kier alpha value is -2.44. The average molecular weight is 428 g/mol. The van der Waals surface area contributed by atoms with Gasteiger partial charge in [-0.1, -0.05) is 41.9 Å². The van der Waals surface area contributed by atoms with Crippen molar-refractivity contribution in [3.05, 3.63) is 70.4 Å². The van der Waals surface area contributed by atoms with Crippen LogP contribution >= 0.6 is 23.4 Å². The monoisotopic (exact) mass is 427 g/mol. The zero-order valence-corrected chi connectivity index (χ0v) is 18.1. The lowest BCUT2D eigenvalue weighted by molar-refractivity contribution is -0.113. The van der Waals surface area contributed by atoms with Crippen LogP contribution in [-0.2, 0) is 4.79 Å². The minimum absolute atomic E-state index is 0.0538. The summed E-state index contributed by atoms with van der Waals surface area (Å²) in [6.07, 6.45) is 0.0538. The number of aryl methyl sites for hydroxylation is 1. The molecule has 0 saturated carbocycles. The van der Waals surface area contributed by atoms with Crippen molar-refractivity contribution >= 4 is 35.1 Å². The molecule has 1 atom stereocenters. The number of nitrogens with one attached hydrogen (secondary N) is 1. The SMILES string of the molecule is Cc1nn(-c2ccccc2Cl)c2c1[C@@H](c1ccccc1OC(C)C)SCC(=O)N2. The van der Waals surface area contributed by atoms with Gasteiger partial charge in [-0.2, -0.15) is 5.10 Å². The van der Waals surface area contributed by atoms with Crippen LogP contribution in [0, 0.1) is 6.92 Å². The molecular weight excluding hydrogens is 406 g/mol. The molecule has 0 spiro atoms. The molecule has 5 nitrogen and oxygen atoms in total. The van der Waals surface area contributed by atoms with Crippen molar-refractivity contribution in [3.63, 3.8) is 0 Å². The van der Waals surface area contributed by atoms with Gasteiger partial charge in [0.25, 0.3) is 0 Å². The van der Waals surface area contributed by atoms with E-state index in [9.17, 15) is 4.79 Å². The molecule has 0 aliphatic carbocycles. The molecule has 29 heavy (non-hydrogen) atoms. The third-order valence-corrected chi connectivity index (χ3v) is 6.22. The molecule has 1 aromatic heterocycles. The summed E-state index contributed by atoms with van der Waals surface area (Å²) in [6.45, 7) is 5.98. The van der Waals surface area contributed by atoms with E-state index < -0.39 is 0 Å². The number of ether oxygens (including phenoxy) is 1. The van der Waals surface area contributed by atoms with Crippen molar-refractivity contribution in [1.82, 2.24) is 9.78 Å². The highest BCUT2D eigenvalue weighted by Gasteiger charge is 2.32. The fourth-order valence-corrected chi connectivity index (χ4v) is 4.91. The first-order valence-corrected chi connectivity index (χ1v) is 10.9. The van der Waals surface area contributed by atoms with Crippen molar-refractivity contribution in [3.8, 4) is 11.4 Å². The summed E-state index contributed by atoms with van der Waals surface area (Å²) in [5, 5.41) is 8.25. The van der Waals surface area contributed by atoms with Gasteiger partial charge in [0.1, 0.15) is 11.6 Å². The molecule has 4 rings (SSSR count). The fraction of sp³-hybridized carbons (Fsp3) is 0.273. The summed E-state index contributed by atoms with van der Waals surface area (Å²) >= 11 is 8.00. The van der Waals surface area contributed by atoms with Gasteiger partial charge in [-0.05, 0) is 39.0 Å². The number of para-hydroxylation sites is 2. The third kappa shape index (κ3) is 3.87. The standard InChI is InChI=1S/C22H22ClN3O2S/c1-13(2)28-18-11-7-4-8-15(18)21-20-14(3)25-26(17-10-6-5-9-16(17)23)22(20)24-19(27)12-29-21/h4-11,13,21H,12H2,1-3H3,(H,24,27)/t21-/m1/s1. The Kier molecular flexibility index (Phi) is 5.56. The maximum atomic E-state index is 12.5. The molecule has 0 fully saturated rings. The van der Waals surface area contributed by atoms with Crippen molar-refractivity contribution in [2.45, 2.75) is 32.1 Å². The van der Waals surface area contributed by atoms with Crippen molar-refractivity contribution in [1.29, 1.82) is 0 Å². The Balaban J connectivity index is 1.90. The van der Waals surface area contributed by atoms with Gasteiger partial charge in [-0.25, -0.2) is 4.68 Å². The molecule has 3 aromatic rings. The molecule has 1 aliphatic rings. The lowest BCUT2D eigenvalue weighted by Crippen LogP contribution is -2.16. The molecule has 1 aliphatic heterocycles. The van der Waals surface area contributed by atoms with Crippen molar-refractivity contribution in [2.24, 2.45) is 0 Å². The van der Waals surface area contributed by atoms with Gasteiger partial charge < -0.3 is 10.1 Å². The molecule has 0 bridgehead atoms. The number of benzene rings is 2. The maximum Gasteiger partial charge on any atom is 0.235 e. The second kappa shape index (κ2) is 8.13. The maximum absolute atomic E-state index is 12.5. The van der Waals surface area contributed by atoms with Crippen LogP contribution in [0.3, 0.4) is 0 Å². The van der Waals surface area contributed by atoms with E-state index in [1.54, 1.807) is 16.4 Å². The number of fused-ring (bicyclic) bond motifs is 1. The first-order chi connectivity index (χ1) is 14.0. The average Bonchev–Trinajstić information content (AvgIpc) is 2.88. The predicted octanol–water partition coefficient (Wildman–Crippen LogP) is 5.40. The number of hydrogen-bond acceptors (Lipinski definition) is 4. The second-order valence-corrected chi connectivity index (χ2v) is 8.66. The number of anilines is 1. The zero-order valence-electron chi connectivity index (χ0n) is 16.5. The van der Waals surface area contributed by atoms with Crippen LogP contribution in [0.1, 0.15) is 35.9 Å². The number of halogens is 1. The Labute approximate surface area is 179 Å². The number of carbonyl (C=O) groups excluding carboxylic acids is 1. The molecule has 1 N–H and O–H groups in total. The Morgan fingerprint density at radius 3 is 2.69 bits per heavy atom. The first kappa shape index (κ1) is 19.9. The lowest BCUT2D eigenvalue weighted by atomic mass is 10.0. The number of carbonyl (C=O) groups is 1. The quantitative estimate of drug-likeness (QED) is 0.606. The predicted molar refractivity (Wildman–Crippen MR) is 118 cm³/mol. The van der Waals surface area contributed by atoms with Crippen LogP contribution in [-0.4, -0.2) is 27.5 Å². The number of thioether (sulfide) groups is 1. The minimum atomic E-state index is -0.0878. The summed E-state index contributed by atoms with van der Waals surface area (Å²) in [5.74, 6) is 1.77. The second-order valence-electron chi connectivity index (χ2n) is 7.15. The number of hydrogen-bond donors (Lipinski definition) is 1. The Morgan fingerprint density at radius 2 is 1.93 bits per heavy atom. The van der Waals surface area contributed by atoms with Crippen LogP contribution < -0.4 is 10.1 Å². The Morgan fingerprint density at radius 1 is 1.21 bits per heavy atom. The molecule has 0 unspecified atom stereocenters. The zero-order chi connectivity index (χ0) is 20.5. The smallest absolute Gasteiger partial charge is 0.235 e. The van der Waals surface area contributed by atoms with Crippen molar-refractivity contribution in [2.75, 3.05) is 11.1 Å². The number of amides is 1. The molecule has 150 valence electrons. The van der Waals surface area contributed by atoms with E-state index in [4.69, 9.17) is 21.4 Å². The molecule has 2 aromatic carbocycles. The van der Waals surface area contributed by atoms with E-state index in [-0.39, 0.29) is 17.3 Å². The highest BCUT2D eigenvalue weighted by molar-refractivity contribution is 8.00. The fourth-order valence-electron chi connectivity index (χ4n) is 3.49. The molecule has 0 radical (unpaired) electrons. The molecule has 2 heterocycles. The normalized spacial score (nSPS) is 16.3. The van der Waals surface area contributed by atoms with E-state index in [0.717, 1.165) is 28.3 Å². The van der Waals surface area contributed by atoms with E-state index in [2.05, 4.69) is 11.4 Å². The summed E-state index contributed by atoms with van der Waals surface area (Å²) in [5.41, 5.74) is 3.58. The van der Waals surface area contributed by atoms with Gasteiger partial charge in [0.15, 0.2) is 0 Å². The van der Waals surface area contributed by atoms with E-state index in [1.165, 1.54) is 0 Å². The number of nitrogens with zero attached hydrogens (tertiary/aromatic N) is 2. The van der Waals surface area contributed by atoms with Crippen LogP contribution in [0.25, 0.3) is 5.69 Å². The van der Waals surface area contributed by atoms with Crippen LogP contribution in [0.15, 0.2) is 48.5 Å². The van der Waals surface area contributed by atoms with Crippen molar-refractivity contribution < 1.29 is 9.53 Å². The Bertz CT molecular complexity index is 1060. The highest BCUT2D eigenvalue weighted by Crippen LogP contribution is 2.46. The van der Waals surface area contributed by atoms with E-state index in [0.29, 0.717) is 16.6 Å². The molecular formula is C22H22ClN3O2S.